The molecule has 1 aliphatic rings. The molecule has 1 amide bonds. The van der Waals surface area contributed by atoms with Crippen LogP contribution in [0.3, 0.4) is 0 Å². The predicted molar refractivity (Wildman–Crippen MR) is 133 cm³/mol. The molecule has 3 rings (SSSR count). The van der Waals surface area contributed by atoms with E-state index in [1.807, 2.05) is 30.2 Å². The standard InChI is InChI=1S/C25H34N8O/c1-17(26)22(18(2)30-24-9-8-23(28)33(31-24)19(3)27)7-10-25(34)32-14-11-20(12-15-32)16-21-6-4-5-13-29-21/h4-6,8-9,13,20,26-28H,7,10-12,14-16H2,1-3H3,(H,30,31)/b22-18-,26-17?,27-19?,28-23?. The Labute approximate surface area is 200 Å². The average molecular weight is 463 g/mol. The van der Waals surface area contributed by atoms with Crippen LogP contribution in [0.25, 0.3) is 0 Å². The van der Waals surface area contributed by atoms with E-state index in [2.05, 4.69) is 21.5 Å². The summed E-state index contributed by atoms with van der Waals surface area (Å²) in [7, 11) is 0. The van der Waals surface area contributed by atoms with Crippen molar-refractivity contribution in [2.45, 2.75) is 52.9 Å². The molecule has 180 valence electrons. The first-order valence-corrected chi connectivity index (χ1v) is 11.6. The Kier molecular flexibility index (Phi) is 8.45. The fraction of sp³-hybridized carbons (Fsp3) is 0.440. The molecule has 0 radical (unpaired) electrons. The molecular weight excluding hydrogens is 428 g/mol. The maximum Gasteiger partial charge on any atom is 0.222 e. The number of pyridine rings is 1. The Bertz CT molecular complexity index is 1130. The van der Waals surface area contributed by atoms with Crippen molar-refractivity contribution in [3.8, 4) is 0 Å². The van der Waals surface area contributed by atoms with Gasteiger partial charge in [-0.1, -0.05) is 6.07 Å². The van der Waals surface area contributed by atoms with Gasteiger partial charge in [0.15, 0.2) is 5.82 Å². The molecule has 1 aliphatic heterocycles. The van der Waals surface area contributed by atoms with Crippen molar-refractivity contribution in [1.29, 1.82) is 16.2 Å². The monoisotopic (exact) mass is 462 g/mol. The molecule has 2 aromatic rings. The summed E-state index contributed by atoms with van der Waals surface area (Å²) in [6.45, 7) is 6.68. The zero-order chi connectivity index (χ0) is 24.7. The Morgan fingerprint density at radius 1 is 1.09 bits per heavy atom. The smallest absolute Gasteiger partial charge is 0.222 e. The molecule has 2 aromatic heterocycles. The summed E-state index contributed by atoms with van der Waals surface area (Å²) in [5.41, 5.74) is 3.15. The van der Waals surface area contributed by atoms with E-state index in [1.54, 1.807) is 26.0 Å². The number of hydrogen-bond acceptors (Lipinski definition) is 7. The zero-order valence-electron chi connectivity index (χ0n) is 20.2. The van der Waals surface area contributed by atoms with Gasteiger partial charge in [-0.25, -0.2) is 4.68 Å². The highest BCUT2D eigenvalue weighted by molar-refractivity contribution is 5.97. The number of nitrogens with one attached hydrogen (secondary N) is 4. The highest BCUT2D eigenvalue weighted by Crippen LogP contribution is 2.22. The second-order valence-corrected chi connectivity index (χ2v) is 8.80. The van der Waals surface area contributed by atoms with Gasteiger partial charge in [-0.3, -0.25) is 20.6 Å². The number of anilines is 1. The highest BCUT2D eigenvalue weighted by atomic mass is 16.2. The van der Waals surface area contributed by atoms with E-state index in [0.29, 0.717) is 30.3 Å². The van der Waals surface area contributed by atoms with Gasteiger partial charge >= 0.3 is 0 Å². The summed E-state index contributed by atoms with van der Waals surface area (Å²) in [5.74, 6) is 1.31. The van der Waals surface area contributed by atoms with E-state index in [4.69, 9.17) is 16.2 Å². The van der Waals surface area contributed by atoms with Gasteiger partial charge in [-0.15, -0.1) is 5.10 Å². The van der Waals surface area contributed by atoms with Crippen LogP contribution < -0.4 is 10.8 Å². The fourth-order valence-corrected chi connectivity index (χ4v) is 4.26. The Hall–Kier alpha value is -3.62. The first-order valence-electron chi connectivity index (χ1n) is 11.6. The predicted octanol–water partition coefficient (Wildman–Crippen LogP) is 3.59. The van der Waals surface area contributed by atoms with Crippen LogP contribution in [0, 0.1) is 22.1 Å². The number of likely N-dealkylation sites (tertiary alicyclic amines) is 1. The van der Waals surface area contributed by atoms with E-state index < -0.39 is 0 Å². The van der Waals surface area contributed by atoms with Gasteiger partial charge < -0.3 is 15.6 Å². The largest absolute Gasteiger partial charge is 0.343 e. The lowest BCUT2D eigenvalue weighted by Crippen LogP contribution is -2.39. The molecule has 0 bridgehead atoms. The number of allylic oxidation sites excluding steroid dienone is 2. The third kappa shape index (κ3) is 6.69. The highest BCUT2D eigenvalue weighted by Gasteiger charge is 2.23. The summed E-state index contributed by atoms with van der Waals surface area (Å²) in [6.07, 6.45) is 5.59. The number of carbonyl (C=O) groups excluding carboxylic acids is 1. The second kappa shape index (κ2) is 11.5. The summed E-state index contributed by atoms with van der Waals surface area (Å²) in [4.78, 5) is 19.2. The first-order chi connectivity index (χ1) is 16.2. The molecule has 4 N–H and O–H groups in total. The second-order valence-electron chi connectivity index (χ2n) is 8.80. The Morgan fingerprint density at radius 2 is 1.82 bits per heavy atom. The van der Waals surface area contributed by atoms with Gasteiger partial charge in [0.2, 0.25) is 5.91 Å². The molecule has 1 saturated heterocycles. The molecule has 0 spiro atoms. The number of nitrogens with zero attached hydrogens (tertiary/aromatic N) is 4. The van der Waals surface area contributed by atoms with Crippen LogP contribution in [0.4, 0.5) is 5.82 Å². The number of aromatic nitrogens is 3. The molecule has 9 heteroatoms. The van der Waals surface area contributed by atoms with E-state index in [-0.39, 0.29) is 17.2 Å². The minimum Gasteiger partial charge on any atom is -0.343 e. The maximum absolute atomic E-state index is 12.9. The molecule has 3 heterocycles. The van der Waals surface area contributed by atoms with Crippen molar-refractivity contribution in [3.63, 3.8) is 0 Å². The lowest BCUT2D eigenvalue weighted by molar-refractivity contribution is -0.132. The quantitative estimate of drug-likeness (QED) is 0.352. The van der Waals surface area contributed by atoms with Crippen LogP contribution in [0.15, 0.2) is 47.8 Å². The third-order valence-corrected chi connectivity index (χ3v) is 6.15. The molecule has 0 unspecified atom stereocenters. The van der Waals surface area contributed by atoms with Crippen molar-refractivity contribution < 1.29 is 4.79 Å². The van der Waals surface area contributed by atoms with Gasteiger partial charge in [-0.2, -0.15) is 0 Å². The lowest BCUT2D eigenvalue weighted by Gasteiger charge is -2.32. The molecule has 0 saturated carbocycles. The number of piperidine rings is 1. The van der Waals surface area contributed by atoms with Crippen molar-refractivity contribution in [1.82, 2.24) is 19.7 Å². The van der Waals surface area contributed by atoms with Gasteiger partial charge in [0.1, 0.15) is 11.3 Å². The molecule has 1 fully saturated rings. The van der Waals surface area contributed by atoms with Gasteiger partial charge in [0.05, 0.1) is 0 Å². The summed E-state index contributed by atoms with van der Waals surface area (Å²) in [6, 6.07) is 9.24. The number of amides is 1. The minimum atomic E-state index is 0.122. The first kappa shape index (κ1) is 25.0. The van der Waals surface area contributed by atoms with Crippen LogP contribution >= 0.6 is 0 Å². The van der Waals surface area contributed by atoms with Crippen LogP contribution in [0.5, 0.6) is 0 Å². The summed E-state index contributed by atoms with van der Waals surface area (Å²) >= 11 is 0. The Morgan fingerprint density at radius 3 is 2.44 bits per heavy atom. The molecule has 0 aromatic carbocycles. The maximum atomic E-state index is 12.9. The molecule has 34 heavy (non-hydrogen) atoms. The van der Waals surface area contributed by atoms with Gasteiger partial charge in [-0.05, 0) is 82.2 Å². The van der Waals surface area contributed by atoms with Crippen molar-refractivity contribution in [2.75, 3.05) is 18.4 Å². The fourth-order valence-electron chi connectivity index (χ4n) is 4.26. The minimum absolute atomic E-state index is 0.122. The van der Waals surface area contributed by atoms with E-state index in [0.717, 1.165) is 49.3 Å². The number of hydrogen-bond donors (Lipinski definition) is 4. The van der Waals surface area contributed by atoms with E-state index in [1.165, 1.54) is 4.68 Å². The third-order valence-electron chi connectivity index (χ3n) is 6.15. The lowest BCUT2D eigenvalue weighted by atomic mass is 9.91. The summed E-state index contributed by atoms with van der Waals surface area (Å²) in [5, 5.41) is 31.2. The van der Waals surface area contributed by atoms with E-state index >= 15 is 0 Å². The van der Waals surface area contributed by atoms with Crippen LogP contribution in [0.1, 0.15) is 52.1 Å². The zero-order valence-corrected chi connectivity index (χ0v) is 20.2. The Balaban J connectivity index is 1.56. The van der Waals surface area contributed by atoms with Crippen LogP contribution in [-0.4, -0.2) is 50.2 Å². The van der Waals surface area contributed by atoms with Crippen LogP contribution in [-0.2, 0) is 11.2 Å². The topological polar surface area (TPSA) is 135 Å². The van der Waals surface area contributed by atoms with Crippen LogP contribution in [0.2, 0.25) is 0 Å². The van der Waals surface area contributed by atoms with Gasteiger partial charge in [0.25, 0.3) is 0 Å². The normalized spacial score (nSPS) is 15.0. The van der Waals surface area contributed by atoms with Crippen molar-refractivity contribution in [2.24, 2.45) is 5.92 Å². The van der Waals surface area contributed by atoms with Crippen molar-refractivity contribution in [3.05, 3.63) is 59.0 Å². The SMILES string of the molecule is CC(=N)/C(CCC(=O)N1CCC(Cc2ccccn2)CC1)=C(/C)Nc1ccc(=N)n(C(C)=N)n1. The van der Waals surface area contributed by atoms with Crippen molar-refractivity contribution >= 4 is 23.3 Å². The van der Waals surface area contributed by atoms with Gasteiger partial charge in [0, 0.05) is 42.8 Å². The number of rotatable bonds is 8. The van der Waals surface area contributed by atoms with E-state index in [9.17, 15) is 4.79 Å². The summed E-state index contributed by atoms with van der Waals surface area (Å²) < 4.78 is 1.23. The molecule has 9 nitrogen and oxygen atoms in total. The molecule has 0 atom stereocenters. The number of carbonyl (C=O) groups is 1. The molecular formula is C25H34N8O. The molecule has 0 aliphatic carbocycles. The average Bonchev–Trinajstić information content (AvgIpc) is 2.81.